The number of hydrogen-bond donors (Lipinski definition) is 2. The van der Waals surface area contributed by atoms with E-state index in [-0.39, 0.29) is 23.7 Å². The third-order valence-corrected chi connectivity index (χ3v) is 3.23. The third-order valence-electron chi connectivity index (χ3n) is 3.23. The van der Waals surface area contributed by atoms with Crippen LogP contribution in [0.25, 0.3) is 0 Å². The highest BCUT2D eigenvalue weighted by Crippen LogP contribution is 2.34. The van der Waals surface area contributed by atoms with Gasteiger partial charge in [-0.05, 0) is 23.8 Å². The lowest BCUT2D eigenvalue weighted by Crippen LogP contribution is -2.13. The molecule has 1 aliphatic heterocycles. The van der Waals surface area contributed by atoms with Crippen LogP contribution in [0.4, 0.5) is 17.1 Å². The first kappa shape index (κ1) is 13.7. The van der Waals surface area contributed by atoms with Crippen LogP contribution in [0.5, 0.6) is 0 Å². The quantitative estimate of drug-likeness (QED) is 0.661. The van der Waals surface area contributed by atoms with E-state index in [1.54, 1.807) is 0 Å². The monoisotopic (exact) mass is 298 g/mol. The number of nitro benzene ring substituents is 1. The lowest BCUT2D eigenvalue weighted by atomic mass is 10.1. The highest BCUT2D eigenvalue weighted by molar-refractivity contribution is 6.07. The molecule has 22 heavy (non-hydrogen) atoms. The first-order valence-corrected chi connectivity index (χ1v) is 6.37. The minimum Gasteiger partial charge on any atom is -0.325 e. The van der Waals surface area contributed by atoms with Crippen molar-refractivity contribution in [3.63, 3.8) is 0 Å². The van der Waals surface area contributed by atoms with E-state index in [9.17, 15) is 19.7 Å². The Bertz CT molecular complexity index is 789. The Labute approximate surface area is 124 Å². The van der Waals surface area contributed by atoms with E-state index >= 15 is 0 Å². The highest BCUT2D eigenvalue weighted by atomic mass is 16.6. The Kier molecular flexibility index (Phi) is 3.26. The Balaban J connectivity index is 1.96. The van der Waals surface area contributed by atoms with Gasteiger partial charge < -0.3 is 10.6 Å². The van der Waals surface area contributed by atoms with Gasteiger partial charge in [-0.1, -0.05) is 0 Å². The van der Waals surface area contributed by atoms with Gasteiger partial charge in [-0.15, -0.1) is 0 Å². The molecule has 2 amide bonds. The number of fused-ring (bicyclic) bond motifs is 1. The Hall–Kier alpha value is -3.29. The lowest BCUT2D eigenvalue weighted by molar-refractivity contribution is -0.383. The van der Waals surface area contributed by atoms with E-state index in [2.05, 4.69) is 15.6 Å². The predicted octanol–water partition coefficient (Wildman–Crippen LogP) is 1.74. The topological polar surface area (TPSA) is 114 Å². The molecule has 1 aliphatic rings. The molecule has 0 bridgehead atoms. The van der Waals surface area contributed by atoms with Gasteiger partial charge in [0.05, 0.1) is 11.3 Å². The van der Waals surface area contributed by atoms with Crippen molar-refractivity contribution in [2.24, 2.45) is 0 Å². The summed E-state index contributed by atoms with van der Waals surface area (Å²) in [7, 11) is 0. The summed E-state index contributed by atoms with van der Waals surface area (Å²) in [6.45, 7) is 0. The number of nitro groups is 1. The van der Waals surface area contributed by atoms with Crippen LogP contribution in [-0.2, 0) is 11.2 Å². The number of nitrogens with zero attached hydrogens (tertiary/aromatic N) is 2. The lowest BCUT2D eigenvalue weighted by Gasteiger charge is -2.08. The van der Waals surface area contributed by atoms with Crippen molar-refractivity contribution in [3.8, 4) is 0 Å². The first-order valence-electron chi connectivity index (χ1n) is 6.37. The number of benzene rings is 1. The summed E-state index contributed by atoms with van der Waals surface area (Å²) in [5, 5.41) is 16.2. The summed E-state index contributed by atoms with van der Waals surface area (Å²) in [6.07, 6.45) is 2.99. The molecule has 110 valence electrons. The van der Waals surface area contributed by atoms with Crippen LogP contribution in [0.1, 0.15) is 15.9 Å². The number of hydrogen-bond acceptors (Lipinski definition) is 5. The van der Waals surface area contributed by atoms with Gasteiger partial charge in [-0.3, -0.25) is 24.7 Å². The smallest absolute Gasteiger partial charge is 0.293 e. The van der Waals surface area contributed by atoms with Gasteiger partial charge in [0.1, 0.15) is 5.69 Å². The van der Waals surface area contributed by atoms with E-state index < -0.39 is 10.8 Å². The second kappa shape index (κ2) is 5.24. The van der Waals surface area contributed by atoms with Crippen LogP contribution in [0.3, 0.4) is 0 Å². The molecule has 8 nitrogen and oxygen atoms in total. The number of carbonyl (C=O) groups excluding carboxylic acids is 2. The number of anilines is 2. The van der Waals surface area contributed by atoms with Crippen molar-refractivity contribution >= 4 is 28.9 Å². The first-order chi connectivity index (χ1) is 10.5. The molecular weight excluding hydrogens is 288 g/mol. The molecule has 0 unspecified atom stereocenters. The van der Waals surface area contributed by atoms with Gasteiger partial charge in [0.25, 0.3) is 11.6 Å². The van der Waals surface area contributed by atoms with Crippen LogP contribution in [0, 0.1) is 10.1 Å². The zero-order chi connectivity index (χ0) is 15.7. The maximum atomic E-state index is 12.1. The van der Waals surface area contributed by atoms with Crippen molar-refractivity contribution in [1.82, 2.24) is 4.98 Å². The molecule has 0 spiro atoms. The predicted molar refractivity (Wildman–Crippen MR) is 77.6 cm³/mol. The molecular formula is C14H10N4O4. The van der Waals surface area contributed by atoms with Crippen LogP contribution in [0.2, 0.25) is 0 Å². The van der Waals surface area contributed by atoms with Crippen LogP contribution in [0.15, 0.2) is 36.7 Å². The normalized spacial score (nSPS) is 12.5. The van der Waals surface area contributed by atoms with Gasteiger partial charge in [0.15, 0.2) is 0 Å². The maximum absolute atomic E-state index is 12.1. The molecule has 8 heteroatoms. The summed E-state index contributed by atoms with van der Waals surface area (Å²) in [6, 6.07) is 5.69. The van der Waals surface area contributed by atoms with Gasteiger partial charge >= 0.3 is 0 Å². The standard InChI is InChI=1S/C14H10N4O4/c19-13-6-9-5-12(18(21)22)11(7-10(9)16-13)17-14(20)8-1-3-15-4-2-8/h1-5,7H,6H2,(H,16,19)(H,17,20). The van der Waals surface area contributed by atoms with Crippen molar-refractivity contribution in [3.05, 3.63) is 57.9 Å². The molecule has 2 N–H and O–H groups in total. The fourth-order valence-electron chi connectivity index (χ4n) is 2.21. The molecule has 0 saturated heterocycles. The van der Waals surface area contributed by atoms with E-state index in [0.29, 0.717) is 16.8 Å². The zero-order valence-corrected chi connectivity index (χ0v) is 11.2. The van der Waals surface area contributed by atoms with E-state index in [0.717, 1.165) is 0 Å². The van der Waals surface area contributed by atoms with E-state index in [1.165, 1.54) is 36.7 Å². The second-order valence-corrected chi connectivity index (χ2v) is 4.70. The molecule has 0 atom stereocenters. The fourth-order valence-corrected chi connectivity index (χ4v) is 2.21. The van der Waals surface area contributed by atoms with Gasteiger partial charge in [0, 0.05) is 29.7 Å². The average molecular weight is 298 g/mol. The zero-order valence-electron chi connectivity index (χ0n) is 11.2. The highest BCUT2D eigenvalue weighted by Gasteiger charge is 2.25. The third kappa shape index (κ3) is 2.49. The molecule has 2 heterocycles. The summed E-state index contributed by atoms with van der Waals surface area (Å²) in [5.41, 5.74) is 1.12. The summed E-state index contributed by atoms with van der Waals surface area (Å²) in [4.78, 5) is 37.8. The number of aromatic nitrogens is 1. The number of amides is 2. The summed E-state index contributed by atoms with van der Waals surface area (Å²) in [5.74, 6) is -0.725. The SMILES string of the molecule is O=C1Cc2cc([N+](=O)[O-])c(NC(=O)c3ccncc3)cc2N1. The summed E-state index contributed by atoms with van der Waals surface area (Å²) >= 11 is 0. The molecule has 2 aromatic rings. The number of carbonyl (C=O) groups is 2. The molecule has 1 aromatic heterocycles. The molecule has 0 saturated carbocycles. The number of pyridine rings is 1. The van der Waals surface area contributed by atoms with Crippen molar-refractivity contribution < 1.29 is 14.5 Å². The minimum absolute atomic E-state index is 0.0350. The van der Waals surface area contributed by atoms with Crippen molar-refractivity contribution in [1.29, 1.82) is 0 Å². The number of rotatable bonds is 3. The number of nitrogens with one attached hydrogen (secondary N) is 2. The minimum atomic E-state index is -0.592. The fraction of sp³-hybridized carbons (Fsp3) is 0.0714. The Morgan fingerprint density at radius 1 is 1.32 bits per heavy atom. The van der Waals surface area contributed by atoms with Gasteiger partial charge in [0.2, 0.25) is 5.91 Å². The van der Waals surface area contributed by atoms with Crippen LogP contribution < -0.4 is 10.6 Å². The molecule has 0 fully saturated rings. The summed E-state index contributed by atoms with van der Waals surface area (Å²) < 4.78 is 0. The van der Waals surface area contributed by atoms with Gasteiger partial charge in [-0.25, -0.2) is 0 Å². The van der Waals surface area contributed by atoms with Gasteiger partial charge in [-0.2, -0.15) is 0 Å². The van der Waals surface area contributed by atoms with Crippen molar-refractivity contribution in [2.75, 3.05) is 10.6 Å². The van der Waals surface area contributed by atoms with Crippen molar-refractivity contribution in [2.45, 2.75) is 6.42 Å². The van der Waals surface area contributed by atoms with Crippen LogP contribution in [-0.4, -0.2) is 21.7 Å². The Morgan fingerprint density at radius 3 is 2.73 bits per heavy atom. The molecule has 3 rings (SSSR count). The molecule has 0 aliphatic carbocycles. The van der Waals surface area contributed by atoms with E-state index in [1.807, 2.05) is 0 Å². The second-order valence-electron chi connectivity index (χ2n) is 4.70. The maximum Gasteiger partial charge on any atom is 0.293 e. The molecule has 0 radical (unpaired) electrons. The average Bonchev–Trinajstić information content (AvgIpc) is 2.86. The Morgan fingerprint density at radius 2 is 2.05 bits per heavy atom. The molecule has 1 aromatic carbocycles. The van der Waals surface area contributed by atoms with E-state index in [4.69, 9.17) is 0 Å². The van der Waals surface area contributed by atoms with Crippen LogP contribution >= 0.6 is 0 Å². The largest absolute Gasteiger partial charge is 0.325 e.